The fraction of sp³-hybridized carbons (Fsp3) is 0.130. The van der Waals surface area contributed by atoms with Gasteiger partial charge < -0.3 is 20.6 Å². The number of hydrogen-bond donors (Lipinski definition) is 4. The standard InChI is InChI=1S/C23H22N6/c1-2-4-21-19(3-1)18(15-27-21)8-11-25-23-26-12-9-22(29-23)28-14-16-5-6-20-17(13-16)7-10-24-20/h1-7,9-10,12-13,15,24,27H,8,11,14H2,(H2,25,26,28,29). The van der Waals surface area contributed by atoms with Gasteiger partial charge in [-0.05, 0) is 53.3 Å². The second-order valence-corrected chi connectivity index (χ2v) is 7.05. The van der Waals surface area contributed by atoms with E-state index in [1.807, 2.05) is 18.3 Å². The molecule has 144 valence electrons. The molecule has 0 spiro atoms. The van der Waals surface area contributed by atoms with Gasteiger partial charge in [-0.2, -0.15) is 4.98 Å². The second-order valence-electron chi connectivity index (χ2n) is 7.05. The molecule has 0 amide bonds. The van der Waals surface area contributed by atoms with Gasteiger partial charge in [0.05, 0.1) is 0 Å². The Balaban J connectivity index is 1.19. The average molecular weight is 382 g/mol. The van der Waals surface area contributed by atoms with Crippen molar-refractivity contribution in [1.82, 2.24) is 19.9 Å². The molecule has 0 radical (unpaired) electrons. The predicted octanol–water partition coefficient (Wildman–Crippen LogP) is 4.71. The second kappa shape index (κ2) is 7.67. The Labute approximate surface area is 168 Å². The van der Waals surface area contributed by atoms with Gasteiger partial charge >= 0.3 is 0 Å². The zero-order chi connectivity index (χ0) is 19.5. The van der Waals surface area contributed by atoms with Gasteiger partial charge in [-0.3, -0.25) is 0 Å². The quantitative estimate of drug-likeness (QED) is 0.329. The molecule has 0 fully saturated rings. The van der Waals surface area contributed by atoms with E-state index in [2.05, 4.69) is 79.2 Å². The van der Waals surface area contributed by atoms with Crippen LogP contribution in [0.15, 0.2) is 73.2 Å². The Morgan fingerprint density at radius 1 is 0.897 bits per heavy atom. The lowest BCUT2D eigenvalue weighted by molar-refractivity contribution is 0.985. The van der Waals surface area contributed by atoms with Crippen molar-refractivity contribution in [2.75, 3.05) is 17.2 Å². The van der Waals surface area contributed by atoms with Crippen LogP contribution < -0.4 is 10.6 Å². The molecule has 2 aromatic carbocycles. The van der Waals surface area contributed by atoms with Gasteiger partial charge in [-0.1, -0.05) is 24.3 Å². The Bertz CT molecular complexity index is 1250. The van der Waals surface area contributed by atoms with Crippen molar-refractivity contribution >= 4 is 33.6 Å². The molecule has 0 aliphatic carbocycles. The molecule has 4 N–H and O–H groups in total. The molecule has 0 saturated carbocycles. The zero-order valence-electron chi connectivity index (χ0n) is 15.9. The summed E-state index contributed by atoms with van der Waals surface area (Å²) in [4.78, 5) is 15.4. The monoisotopic (exact) mass is 382 g/mol. The molecule has 3 heterocycles. The molecule has 5 rings (SSSR count). The summed E-state index contributed by atoms with van der Waals surface area (Å²) in [6, 6.07) is 18.7. The molecular weight excluding hydrogens is 360 g/mol. The summed E-state index contributed by atoms with van der Waals surface area (Å²) in [5, 5.41) is 9.19. The summed E-state index contributed by atoms with van der Waals surface area (Å²) in [5.74, 6) is 1.44. The molecular formula is C23H22N6. The Morgan fingerprint density at radius 2 is 1.86 bits per heavy atom. The first-order chi connectivity index (χ1) is 14.3. The lowest BCUT2D eigenvalue weighted by Gasteiger charge is -2.09. The predicted molar refractivity (Wildman–Crippen MR) is 118 cm³/mol. The van der Waals surface area contributed by atoms with Gasteiger partial charge in [0.2, 0.25) is 5.95 Å². The van der Waals surface area contributed by atoms with Crippen molar-refractivity contribution < 1.29 is 0 Å². The van der Waals surface area contributed by atoms with Gasteiger partial charge in [0.1, 0.15) is 5.82 Å². The maximum absolute atomic E-state index is 4.57. The van der Waals surface area contributed by atoms with E-state index in [0.717, 1.165) is 24.3 Å². The van der Waals surface area contributed by atoms with Crippen LogP contribution in [0.4, 0.5) is 11.8 Å². The molecule has 29 heavy (non-hydrogen) atoms. The van der Waals surface area contributed by atoms with Gasteiger partial charge in [-0.25, -0.2) is 4.98 Å². The summed E-state index contributed by atoms with van der Waals surface area (Å²) in [6.07, 6.45) is 6.72. The van der Waals surface area contributed by atoms with Crippen molar-refractivity contribution in [3.63, 3.8) is 0 Å². The number of para-hydroxylation sites is 1. The highest BCUT2D eigenvalue weighted by Crippen LogP contribution is 2.18. The summed E-state index contributed by atoms with van der Waals surface area (Å²) < 4.78 is 0. The average Bonchev–Trinajstić information content (AvgIpc) is 3.39. The SMILES string of the molecule is c1ccc2c(CCNc3nccc(NCc4ccc5[nH]ccc5c4)n3)c[nH]c2c1. The molecule has 3 aromatic heterocycles. The van der Waals surface area contributed by atoms with Gasteiger partial charge in [0.15, 0.2) is 0 Å². The van der Waals surface area contributed by atoms with Gasteiger partial charge in [0, 0.05) is 48.1 Å². The molecule has 6 heteroatoms. The van der Waals surface area contributed by atoms with Crippen LogP contribution in [0.1, 0.15) is 11.1 Å². The van der Waals surface area contributed by atoms with Crippen molar-refractivity contribution in [3.8, 4) is 0 Å². The van der Waals surface area contributed by atoms with Crippen LogP contribution in [0, 0.1) is 0 Å². The van der Waals surface area contributed by atoms with E-state index in [9.17, 15) is 0 Å². The third kappa shape index (κ3) is 3.78. The first kappa shape index (κ1) is 17.3. The minimum atomic E-state index is 0.635. The Kier molecular flexibility index (Phi) is 4.58. The molecule has 5 aromatic rings. The number of hydrogen-bond acceptors (Lipinski definition) is 4. The molecule has 0 bridgehead atoms. The third-order valence-corrected chi connectivity index (χ3v) is 5.10. The van der Waals surface area contributed by atoms with Crippen LogP contribution >= 0.6 is 0 Å². The summed E-state index contributed by atoms with van der Waals surface area (Å²) in [7, 11) is 0. The molecule has 0 atom stereocenters. The number of anilines is 2. The number of fused-ring (bicyclic) bond motifs is 2. The van der Waals surface area contributed by atoms with Gasteiger partial charge in [0.25, 0.3) is 0 Å². The molecule has 0 unspecified atom stereocenters. The fourth-order valence-corrected chi connectivity index (χ4v) is 3.60. The first-order valence-electron chi connectivity index (χ1n) is 9.77. The normalized spacial score (nSPS) is 11.2. The summed E-state index contributed by atoms with van der Waals surface area (Å²) in [6.45, 7) is 1.49. The van der Waals surface area contributed by atoms with E-state index < -0.39 is 0 Å². The van der Waals surface area contributed by atoms with E-state index >= 15 is 0 Å². The highest BCUT2D eigenvalue weighted by atomic mass is 15.1. The number of nitrogens with zero attached hydrogens (tertiary/aromatic N) is 2. The third-order valence-electron chi connectivity index (χ3n) is 5.10. The van der Waals surface area contributed by atoms with Gasteiger partial charge in [-0.15, -0.1) is 0 Å². The van der Waals surface area contributed by atoms with Crippen LogP contribution in [0.25, 0.3) is 21.8 Å². The fourth-order valence-electron chi connectivity index (χ4n) is 3.60. The van der Waals surface area contributed by atoms with Crippen molar-refractivity contribution in [2.45, 2.75) is 13.0 Å². The number of aromatic nitrogens is 4. The van der Waals surface area contributed by atoms with E-state index in [1.165, 1.54) is 27.4 Å². The van der Waals surface area contributed by atoms with Crippen LogP contribution in [0.5, 0.6) is 0 Å². The van der Waals surface area contributed by atoms with Crippen LogP contribution in [-0.2, 0) is 13.0 Å². The van der Waals surface area contributed by atoms with Crippen LogP contribution in [0.3, 0.4) is 0 Å². The lowest BCUT2D eigenvalue weighted by atomic mass is 10.1. The van der Waals surface area contributed by atoms with Crippen LogP contribution in [-0.4, -0.2) is 26.5 Å². The van der Waals surface area contributed by atoms with Crippen molar-refractivity contribution in [1.29, 1.82) is 0 Å². The van der Waals surface area contributed by atoms with E-state index in [-0.39, 0.29) is 0 Å². The largest absolute Gasteiger partial charge is 0.366 e. The summed E-state index contributed by atoms with van der Waals surface area (Å²) >= 11 is 0. The number of benzene rings is 2. The molecule has 0 aliphatic heterocycles. The summed E-state index contributed by atoms with van der Waals surface area (Å²) in [5.41, 5.74) is 4.83. The minimum absolute atomic E-state index is 0.635. The van der Waals surface area contributed by atoms with E-state index in [4.69, 9.17) is 0 Å². The van der Waals surface area contributed by atoms with Crippen molar-refractivity contribution in [2.24, 2.45) is 0 Å². The topological polar surface area (TPSA) is 81.4 Å². The number of aromatic amines is 2. The maximum atomic E-state index is 4.57. The molecule has 0 saturated heterocycles. The van der Waals surface area contributed by atoms with Crippen molar-refractivity contribution in [3.05, 3.63) is 84.3 Å². The number of nitrogens with one attached hydrogen (secondary N) is 4. The lowest BCUT2D eigenvalue weighted by Crippen LogP contribution is -2.09. The van der Waals surface area contributed by atoms with E-state index in [0.29, 0.717) is 12.5 Å². The minimum Gasteiger partial charge on any atom is -0.366 e. The highest BCUT2D eigenvalue weighted by molar-refractivity contribution is 5.83. The Hall–Kier alpha value is -3.80. The smallest absolute Gasteiger partial charge is 0.224 e. The van der Waals surface area contributed by atoms with Crippen LogP contribution in [0.2, 0.25) is 0 Å². The molecule has 6 nitrogen and oxygen atoms in total. The molecule has 0 aliphatic rings. The number of rotatable bonds is 7. The first-order valence-corrected chi connectivity index (χ1v) is 9.77. The highest BCUT2D eigenvalue weighted by Gasteiger charge is 2.04. The zero-order valence-corrected chi connectivity index (χ0v) is 15.9. The van der Waals surface area contributed by atoms with E-state index in [1.54, 1.807) is 6.20 Å². The maximum Gasteiger partial charge on any atom is 0.224 e. The Morgan fingerprint density at radius 3 is 2.86 bits per heavy atom. The number of H-pyrrole nitrogens is 2.